The molecule has 9 heteroatoms. The molecule has 1 fully saturated rings. The monoisotopic (exact) mass is 459 g/mol. The first-order chi connectivity index (χ1) is 16.6. The fourth-order valence-corrected chi connectivity index (χ4v) is 4.84. The van der Waals surface area contributed by atoms with Crippen molar-refractivity contribution in [2.24, 2.45) is 0 Å². The molecule has 1 aliphatic heterocycles. The van der Waals surface area contributed by atoms with E-state index in [0.29, 0.717) is 23.2 Å². The maximum atomic E-state index is 11.0. The molecule has 34 heavy (non-hydrogen) atoms. The van der Waals surface area contributed by atoms with Crippen molar-refractivity contribution in [2.45, 2.75) is 32.7 Å². The first kappa shape index (κ1) is 22.1. The van der Waals surface area contributed by atoms with Gasteiger partial charge in [0.2, 0.25) is 0 Å². The summed E-state index contributed by atoms with van der Waals surface area (Å²) in [5.41, 5.74) is 2.88. The van der Waals surface area contributed by atoms with Gasteiger partial charge < -0.3 is 14.6 Å². The van der Waals surface area contributed by atoms with Gasteiger partial charge in [0.15, 0.2) is 11.6 Å². The van der Waals surface area contributed by atoms with Gasteiger partial charge in [0.25, 0.3) is 0 Å². The Morgan fingerprint density at radius 2 is 1.97 bits per heavy atom. The Morgan fingerprint density at radius 3 is 2.76 bits per heavy atom. The van der Waals surface area contributed by atoms with Crippen molar-refractivity contribution in [3.8, 4) is 11.6 Å². The fraction of sp³-hybridized carbons (Fsp3) is 0.360. The summed E-state index contributed by atoms with van der Waals surface area (Å²) >= 11 is 0. The van der Waals surface area contributed by atoms with E-state index in [2.05, 4.69) is 51.9 Å². The molecule has 0 bridgehead atoms. The molecular weight excluding hydrogens is 430 g/mol. The van der Waals surface area contributed by atoms with Crippen LogP contribution < -0.4 is 4.90 Å². The quantitative estimate of drug-likeness (QED) is 0.433. The van der Waals surface area contributed by atoms with Crippen LogP contribution in [0.2, 0.25) is 0 Å². The molecule has 0 amide bonds. The number of likely N-dealkylation sites (N-methyl/N-ethyl adjacent to an activating group) is 1. The van der Waals surface area contributed by atoms with Crippen molar-refractivity contribution in [3.63, 3.8) is 0 Å². The molecule has 4 heterocycles. The van der Waals surface area contributed by atoms with Crippen LogP contribution in [0.3, 0.4) is 0 Å². The van der Waals surface area contributed by atoms with Gasteiger partial charge >= 0.3 is 5.97 Å². The Morgan fingerprint density at radius 1 is 1.15 bits per heavy atom. The zero-order valence-corrected chi connectivity index (χ0v) is 19.5. The highest BCUT2D eigenvalue weighted by molar-refractivity contribution is 5.84. The average molecular weight is 460 g/mol. The number of hydrogen-bond donors (Lipinski definition) is 1. The Bertz CT molecular complexity index is 1310. The zero-order chi connectivity index (χ0) is 23.7. The number of carbonyl (C=O) groups is 1. The average Bonchev–Trinajstić information content (AvgIpc) is 3.59. The maximum Gasteiger partial charge on any atom is 0.307 e. The lowest BCUT2D eigenvalue weighted by Gasteiger charge is -2.26. The molecule has 1 saturated heterocycles. The molecule has 4 aromatic rings. The number of carboxylic acid groups (broad SMARTS) is 1. The minimum atomic E-state index is -0.863. The number of hydrogen-bond acceptors (Lipinski definition) is 6. The van der Waals surface area contributed by atoms with E-state index in [-0.39, 0.29) is 6.42 Å². The molecule has 1 aromatic carbocycles. The first-order valence-corrected chi connectivity index (χ1v) is 11.7. The number of aliphatic carboxylic acids is 1. The lowest BCUT2D eigenvalue weighted by molar-refractivity contribution is -0.136. The summed E-state index contributed by atoms with van der Waals surface area (Å²) in [4.78, 5) is 25.1. The third-order valence-electron chi connectivity index (χ3n) is 6.61. The second-order valence-electron chi connectivity index (χ2n) is 8.64. The SMILES string of the molecule is CCN(CC)C1CCN(c2ccc3cnn(-c4cncc(-n5ccc(CC(=O)O)c5)n4)c3c2)C1. The summed E-state index contributed by atoms with van der Waals surface area (Å²) in [5.74, 6) is 0.356. The van der Waals surface area contributed by atoms with Crippen LogP contribution in [-0.2, 0) is 11.2 Å². The molecule has 9 nitrogen and oxygen atoms in total. The van der Waals surface area contributed by atoms with Gasteiger partial charge in [-0.05, 0) is 49.3 Å². The normalized spacial score (nSPS) is 16.1. The summed E-state index contributed by atoms with van der Waals surface area (Å²) in [6.07, 6.45) is 9.90. The predicted octanol–water partition coefficient (Wildman–Crippen LogP) is 3.15. The Hall–Kier alpha value is -3.72. The van der Waals surface area contributed by atoms with E-state index in [1.807, 2.05) is 10.9 Å². The van der Waals surface area contributed by atoms with Gasteiger partial charge in [-0.25, -0.2) is 9.67 Å². The van der Waals surface area contributed by atoms with E-state index in [1.165, 1.54) is 12.1 Å². The van der Waals surface area contributed by atoms with Crippen molar-refractivity contribution in [1.82, 2.24) is 29.2 Å². The molecule has 1 N–H and O–H groups in total. The minimum Gasteiger partial charge on any atom is -0.481 e. The second-order valence-corrected chi connectivity index (χ2v) is 8.64. The fourth-order valence-electron chi connectivity index (χ4n) is 4.84. The number of benzene rings is 1. The van der Waals surface area contributed by atoms with E-state index in [0.717, 1.165) is 37.1 Å². The first-order valence-electron chi connectivity index (χ1n) is 11.7. The summed E-state index contributed by atoms with van der Waals surface area (Å²) in [7, 11) is 0. The van der Waals surface area contributed by atoms with Gasteiger partial charge in [-0.2, -0.15) is 5.10 Å². The summed E-state index contributed by atoms with van der Waals surface area (Å²) < 4.78 is 3.60. The van der Waals surface area contributed by atoms with Crippen LogP contribution in [0.1, 0.15) is 25.8 Å². The van der Waals surface area contributed by atoms with E-state index in [4.69, 9.17) is 10.1 Å². The smallest absolute Gasteiger partial charge is 0.307 e. The topological polar surface area (TPSA) is 92.3 Å². The molecular formula is C25H29N7O2. The largest absolute Gasteiger partial charge is 0.481 e. The zero-order valence-electron chi connectivity index (χ0n) is 19.5. The number of anilines is 1. The van der Waals surface area contributed by atoms with Crippen molar-refractivity contribution < 1.29 is 9.90 Å². The molecule has 5 rings (SSSR count). The molecule has 3 aromatic heterocycles. The molecule has 176 valence electrons. The van der Waals surface area contributed by atoms with Gasteiger partial charge in [-0.3, -0.25) is 14.7 Å². The number of carboxylic acids is 1. The maximum absolute atomic E-state index is 11.0. The Kier molecular flexibility index (Phi) is 6.02. The number of fused-ring (bicyclic) bond motifs is 1. The highest BCUT2D eigenvalue weighted by Crippen LogP contribution is 2.28. The lowest BCUT2D eigenvalue weighted by Crippen LogP contribution is -2.37. The van der Waals surface area contributed by atoms with Crippen LogP contribution in [0.25, 0.3) is 22.5 Å². The van der Waals surface area contributed by atoms with E-state index in [1.54, 1.807) is 35.4 Å². The lowest BCUT2D eigenvalue weighted by atomic mass is 10.2. The molecule has 0 saturated carbocycles. The highest BCUT2D eigenvalue weighted by Gasteiger charge is 2.26. The molecule has 1 aliphatic rings. The Balaban J connectivity index is 1.43. The molecule has 0 spiro atoms. The summed E-state index contributed by atoms with van der Waals surface area (Å²) in [6, 6.07) is 8.83. The molecule has 0 aliphatic carbocycles. The van der Waals surface area contributed by atoms with Crippen molar-refractivity contribution in [3.05, 3.63) is 60.8 Å². The third kappa shape index (κ3) is 4.26. The molecule has 1 unspecified atom stereocenters. The Labute approximate surface area is 198 Å². The van der Waals surface area contributed by atoms with Crippen LogP contribution in [0.15, 0.2) is 55.2 Å². The van der Waals surface area contributed by atoms with Gasteiger partial charge in [0.1, 0.15) is 0 Å². The van der Waals surface area contributed by atoms with Crippen LogP contribution in [0, 0.1) is 0 Å². The van der Waals surface area contributed by atoms with E-state index < -0.39 is 5.97 Å². The van der Waals surface area contributed by atoms with Gasteiger partial charge in [-0.15, -0.1) is 0 Å². The number of nitrogens with zero attached hydrogens (tertiary/aromatic N) is 7. The predicted molar refractivity (Wildman–Crippen MR) is 131 cm³/mol. The van der Waals surface area contributed by atoms with Crippen LogP contribution in [0.5, 0.6) is 0 Å². The van der Waals surface area contributed by atoms with Crippen molar-refractivity contribution in [1.29, 1.82) is 0 Å². The van der Waals surface area contributed by atoms with Gasteiger partial charge in [0, 0.05) is 42.6 Å². The van der Waals surface area contributed by atoms with Crippen molar-refractivity contribution >= 4 is 22.6 Å². The standard InChI is InChI=1S/C25H29N7O2/c1-3-29(4-2)21-8-10-30(17-21)20-6-5-19-13-27-32(22(19)12-20)24-15-26-14-23(28-24)31-9-7-18(16-31)11-25(33)34/h5-7,9,12-16,21H,3-4,8,10-11,17H2,1-2H3,(H,33,34). The van der Waals surface area contributed by atoms with Crippen LogP contribution in [-0.4, -0.2) is 72.5 Å². The second kappa shape index (κ2) is 9.26. The van der Waals surface area contributed by atoms with E-state index >= 15 is 0 Å². The molecule has 0 radical (unpaired) electrons. The minimum absolute atomic E-state index is 0.0294. The third-order valence-corrected chi connectivity index (χ3v) is 6.61. The van der Waals surface area contributed by atoms with E-state index in [9.17, 15) is 4.79 Å². The van der Waals surface area contributed by atoms with Crippen LogP contribution in [0.4, 0.5) is 5.69 Å². The summed E-state index contributed by atoms with van der Waals surface area (Å²) in [6.45, 7) is 8.69. The van der Waals surface area contributed by atoms with Gasteiger partial charge in [-0.1, -0.05) is 13.8 Å². The van der Waals surface area contributed by atoms with Crippen LogP contribution >= 0.6 is 0 Å². The van der Waals surface area contributed by atoms with Gasteiger partial charge in [0.05, 0.1) is 30.5 Å². The molecule has 1 atom stereocenters. The number of aromatic nitrogens is 5. The summed E-state index contributed by atoms with van der Waals surface area (Å²) in [5, 5.41) is 14.7. The highest BCUT2D eigenvalue weighted by atomic mass is 16.4. The van der Waals surface area contributed by atoms with Crippen molar-refractivity contribution in [2.75, 3.05) is 31.1 Å². The number of rotatable bonds is 8.